The molecule has 0 aliphatic heterocycles. The van der Waals surface area contributed by atoms with Crippen molar-refractivity contribution in [3.63, 3.8) is 0 Å². The lowest BCUT2D eigenvalue weighted by atomic mass is 10.0. The van der Waals surface area contributed by atoms with Crippen LogP contribution in [0.1, 0.15) is 0 Å². The molecule has 3 aromatic heterocycles. The van der Waals surface area contributed by atoms with Gasteiger partial charge in [0.05, 0.1) is 11.0 Å². The number of aromatic nitrogens is 4. The molecule has 5 heteroatoms. The van der Waals surface area contributed by atoms with E-state index >= 15 is 0 Å². The third-order valence-electron chi connectivity index (χ3n) is 10.4. The predicted molar refractivity (Wildman–Crippen MR) is 221 cm³/mol. The van der Waals surface area contributed by atoms with Gasteiger partial charge in [0.15, 0.2) is 17.5 Å². The Morgan fingerprint density at radius 1 is 0.370 bits per heavy atom. The maximum atomic E-state index is 6.59. The maximum Gasteiger partial charge on any atom is 0.164 e. The van der Waals surface area contributed by atoms with Crippen molar-refractivity contribution in [3.8, 4) is 51.0 Å². The smallest absolute Gasteiger partial charge is 0.164 e. The number of fused-ring (bicyclic) bond motifs is 8. The first-order valence-electron chi connectivity index (χ1n) is 18.1. The Bertz CT molecular complexity index is 3160. The summed E-state index contributed by atoms with van der Waals surface area (Å²) in [5.41, 5.74) is 10.0. The van der Waals surface area contributed by atoms with Crippen LogP contribution in [0.15, 0.2) is 186 Å². The molecule has 0 spiro atoms. The van der Waals surface area contributed by atoms with E-state index in [0.29, 0.717) is 17.5 Å². The highest BCUT2D eigenvalue weighted by Crippen LogP contribution is 2.40. The van der Waals surface area contributed by atoms with Crippen LogP contribution in [-0.4, -0.2) is 19.5 Å². The molecule has 11 rings (SSSR count). The highest BCUT2D eigenvalue weighted by molar-refractivity contribution is 6.21. The van der Waals surface area contributed by atoms with Gasteiger partial charge in [0.25, 0.3) is 0 Å². The summed E-state index contributed by atoms with van der Waals surface area (Å²) in [4.78, 5) is 15.0. The zero-order valence-corrected chi connectivity index (χ0v) is 29.0. The van der Waals surface area contributed by atoms with Crippen LogP contribution in [0, 0.1) is 0 Å². The van der Waals surface area contributed by atoms with Crippen LogP contribution in [0.3, 0.4) is 0 Å². The molecular formula is C49H30N4O. The summed E-state index contributed by atoms with van der Waals surface area (Å²) in [6.07, 6.45) is 0. The highest BCUT2D eigenvalue weighted by Gasteiger charge is 2.19. The molecule has 8 aromatic carbocycles. The van der Waals surface area contributed by atoms with E-state index in [2.05, 4.69) is 114 Å². The zero-order chi connectivity index (χ0) is 35.6. The summed E-state index contributed by atoms with van der Waals surface area (Å²) < 4.78 is 8.97. The van der Waals surface area contributed by atoms with Crippen LogP contribution in [0.2, 0.25) is 0 Å². The van der Waals surface area contributed by atoms with Crippen LogP contribution < -0.4 is 0 Å². The van der Waals surface area contributed by atoms with Crippen LogP contribution in [0.5, 0.6) is 0 Å². The minimum absolute atomic E-state index is 0.603. The van der Waals surface area contributed by atoms with E-state index in [4.69, 9.17) is 19.4 Å². The largest absolute Gasteiger partial charge is 0.456 e. The molecule has 0 amide bonds. The zero-order valence-electron chi connectivity index (χ0n) is 29.0. The van der Waals surface area contributed by atoms with E-state index in [1.165, 1.54) is 32.6 Å². The summed E-state index contributed by atoms with van der Waals surface area (Å²) >= 11 is 0. The van der Waals surface area contributed by atoms with Crippen molar-refractivity contribution in [3.05, 3.63) is 182 Å². The quantitative estimate of drug-likeness (QED) is 0.180. The van der Waals surface area contributed by atoms with Gasteiger partial charge in [-0.2, -0.15) is 0 Å². The van der Waals surface area contributed by atoms with E-state index in [9.17, 15) is 0 Å². The van der Waals surface area contributed by atoms with Gasteiger partial charge < -0.3 is 8.98 Å². The molecule has 0 bridgehead atoms. The van der Waals surface area contributed by atoms with Crippen LogP contribution >= 0.6 is 0 Å². The Hall–Kier alpha value is -7.37. The molecule has 11 aromatic rings. The molecule has 0 aliphatic rings. The maximum absolute atomic E-state index is 6.59. The average molecular weight is 691 g/mol. The average Bonchev–Trinajstić information content (AvgIpc) is 3.80. The summed E-state index contributed by atoms with van der Waals surface area (Å²) in [7, 11) is 0. The van der Waals surface area contributed by atoms with Gasteiger partial charge in [-0.15, -0.1) is 0 Å². The van der Waals surface area contributed by atoms with E-state index < -0.39 is 0 Å². The molecule has 5 nitrogen and oxygen atoms in total. The van der Waals surface area contributed by atoms with Crippen molar-refractivity contribution in [2.45, 2.75) is 0 Å². The summed E-state index contributed by atoms with van der Waals surface area (Å²) in [6, 6.07) is 63.3. The lowest BCUT2D eigenvalue weighted by Gasteiger charge is -2.11. The molecule has 54 heavy (non-hydrogen) atoms. The van der Waals surface area contributed by atoms with Gasteiger partial charge in [0.2, 0.25) is 0 Å². The first kappa shape index (κ1) is 30.3. The van der Waals surface area contributed by atoms with Crippen LogP contribution in [-0.2, 0) is 0 Å². The molecule has 0 atom stereocenters. The molecule has 0 unspecified atom stereocenters. The van der Waals surface area contributed by atoms with Crippen LogP contribution in [0.25, 0.3) is 105 Å². The van der Waals surface area contributed by atoms with Crippen molar-refractivity contribution in [2.24, 2.45) is 0 Å². The third-order valence-corrected chi connectivity index (χ3v) is 10.4. The molecule has 0 aliphatic carbocycles. The van der Waals surface area contributed by atoms with Gasteiger partial charge >= 0.3 is 0 Å². The van der Waals surface area contributed by atoms with E-state index in [1.807, 2.05) is 72.8 Å². The first-order valence-corrected chi connectivity index (χ1v) is 18.1. The standard InChI is InChI=1S/C49H30N4O/c1-3-14-32(15-4-1)47-50-48(33-16-5-2-6-17-33)52-49(51-47)40-22-12-24-43-46(40)39-27-25-35(30-44(39)54-43)34-18-11-19-36(29-34)53-41-23-10-9-21-38(41)45-37-20-8-7-13-31(37)26-28-42(45)53/h1-30H. The normalized spacial score (nSPS) is 11.7. The number of nitrogens with zero attached hydrogens (tertiary/aromatic N) is 4. The molecule has 0 N–H and O–H groups in total. The number of para-hydroxylation sites is 1. The fourth-order valence-corrected chi connectivity index (χ4v) is 7.96. The molecule has 0 radical (unpaired) electrons. The molecule has 0 saturated heterocycles. The lowest BCUT2D eigenvalue weighted by Crippen LogP contribution is -2.00. The van der Waals surface area contributed by atoms with Gasteiger partial charge in [0.1, 0.15) is 11.2 Å². The molecule has 0 fully saturated rings. The summed E-state index contributed by atoms with van der Waals surface area (Å²) in [5, 5.41) is 7.03. The Balaban J connectivity index is 1.05. The fraction of sp³-hybridized carbons (Fsp3) is 0. The molecule has 252 valence electrons. The predicted octanol–water partition coefficient (Wildman–Crippen LogP) is 12.7. The molecule has 0 saturated carbocycles. The Morgan fingerprint density at radius 3 is 1.81 bits per heavy atom. The Kier molecular flexibility index (Phi) is 6.79. The topological polar surface area (TPSA) is 56.7 Å². The van der Waals surface area contributed by atoms with Crippen molar-refractivity contribution in [1.82, 2.24) is 19.5 Å². The Labute approximate surface area is 310 Å². The SMILES string of the molecule is c1ccc(-c2nc(-c3ccccc3)nc(-c3cccc4oc5cc(-c6cccc(-n7c8ccccc8c8c9ccccc9ccc87)c6)ccc5c34)n2)cc1. The second-order valence-corrected chi connectivity index (χ2v) is 13.6. The van der Waals surface area contributed by atoms with Gasteiger partial charge in [-0.25, -0.2) is 15.0 Å². The van der Waals surface area contributed by atoms with E-state index in [0.717, 1.165) is 55.4 Å². The summed E-state index contributed by atoms with van der Waals surface area (Å²) in [5.74, 6) is 1.86. The number of hydrogen-bond acceptors (Lipinski definition) is 4. The number of rotatable bonds is 5. The van der Waals surface area contributed by atoms with E-state index in [-0.39, 0.29) is 0 Å². The minimum atomic E-state index is 0.603. The van der Waals surface area contributed by atoms with Crippen molar-refractivity contribution in [2.75, 3.05) is 0 Å². The Morgan fingerprint density at radius 2 is 1.02 bits per heavy atom. The number of furan rings is 1. The third kappa shape index (κ3) is 4.83. The lowest BCUT2D eigenvalue weighted by molar-refractivity contribution is 0.669. The van der Waals surface area contributed by atoms with Gasteiger partial charge in [-0.1, -0.05) is 140 Å². The molecule has 3 heterocycles. The monoisotopic (exact) mass is 690 g/mol. The van der Waals surface area contributed by atoms with Gasteiger partial charge in [0, 0.05) is 43.9 Å². The van der Waals surface area contributed by atoms with Crippen molar-refractivity contribution >= 4 is 54.5 Å². The van der Waals surface area contributed by atoms with Crippen LogP contribution in [0.4, 0.5) is 0 Å². The summed E-state index contributed by atoms with van der Waals surface area (Å²) in [6.45, 7) is 0. The van der Waals surface area contributed by atoms with Gasteiger partial charge in [-0.3, -0.25) is 0 Å². The fourth-order valence-electron chi connectivity index (χ4n) is 7.96. The minimum Gasteiger partial charge on any atom is -0.456 e. The second-order valence-electron chi connectivity index (χ2n) is 13.6. The van der Waals surface area contributed by atoms with Gasteiger partial charge in [-0.05, 0) is 64.4 Å². The highest BCUT2D eigenvalue weighted by atomic mass is 16.3. The van der Waals surface area contributed by atoms with E-state index in [1.54, 1.807) is 0 Å². The second kappa shape index (κ2) is 12.1. The number of hydrogen-bond donors (Lipinski definition) is 0. The first-order chi connectivity index (χ1) is 26.8. The molecular weight excluding hydrogens is 661 g/mol. The number of benzene rings is 8. The van der Waals surface area contributed by atoms with Crippen molar-refractivity contribution in [1.29, 1.82) is 0 Å². The van der Waals surface area contributed by atoms with Crippen molar-refractivity contribution < 1.29 is 4.42 Å².